The maximum absolute atomic E-state index is 13.4. The summed E-state index contributed by atoms with van der Waals surface area (Å²) in [6.07, 6.45) is 0. The van der Waals surface area contributed by atoms with Crippen molar-refractivity contribution in [1.29, 1.82) is 0 Å². The minimum atomic E-state index is -0.479. The van der Waals surface area contributed by atoms with Crippen LogP contribution in [0.4, 0.5) is 4.39 Å². The summed E-state index contributed by atoms with van der Waals surface area (Å²) >= 11 is 0. The molecule has 0 bridgehead atoms. The molecule has 2 aromatic rings. The van der Waals surface area contributed by atoms with E-state index in [1.54, 1.807) is 6.07 Å². The monoisotopic (exact) mass is 223 g/mol. The van der Waals surface area contributed by atoms with Crippen molar-refractivity contribution in [2.75, 3.05) is 7.11 Å². The molecule has 1 heterocycles. The Bertz CT molecular complexity index is 499. The van der Waals surface area contributed by atoms with Crippen molar-refractivity contribution in [1.82, 2.24) is 10.1 Å². The number of aromatic nitrogens is 2. The van der Waals surface area contributed by atoms with Crippen LogP contribution in [-0.2, 0) is 6.54 Å². The average Bonchev–Trinajstić information content (AvgIpc) is 2.77. The summed E-state index contributed by atoms with van der Waals surface area (Å²) in [5, 5.41) is 3.62. The molecule has 84 valence electrons. The molecule has 0 aliphatic carbocycles. The number of nitrogens with zero attached hydrogens (tertiary/aromatic N) is 2. The van der Waals surface area contributed by atoms with Gasteiger partial charge in [-0.15, -0.1) is 0 Å². The second-order valence-corrected chi connectivity index (χ2v) is 3.07. The maximum atomic E-state index is 13.4. The summed E-state index contributed by atoms with van der Waals surface area (Å²) in [4.78, 5) is 3.99. The fourth-order valence-electron chi connectivity index (χ4n) is 1.25. The van der Waals surface area contributed by atoms with Crippen LogP contribution in [0.5, 0.6) is 5.75 Å². The molecule has 0 unspecified atom stereocenters. The van der Waals surface area contributed by atoms with Gasteiger partial charge in [0.05, 0.1) is 13.7 Å². The van der Waals surface area contributed by atoms with E-state index in [1.165, 1.54) is 19.2 Å². The highest BCUT2D eigenvalue weighted by Crippen LogP contribution is 2.24. The standard InChI is InChI=1S/C10H10FN3O2/c1-15-8-3-2-6(4-7(8)11)10-13-9(5-12)14-16-10/h2-4H,5,12H2,1H3. The molecule has 0 saturated carbocycles. The minimum Gasteiger partial charge on any atom is -0.494 e. The number of ether oxygens (including phenoxy) is 1. The first-order chi connectivity index (χ1) is 7.74. The lowest BCUT2D eigenvalue weighted by molar-refractivity contribution is 0.386. The van der Waals surface area contributed by atoms with Gasteiger partial charge in [0.25, 0.3) is 5.89 Å². The zero-order valence-electron chi connectivity index (χ0n) is 8.61. The SMILES string of the molecule is COc1ccc(-c2nc(CN)no2)cc1F. The number of rotatable bonds is 3. The Morgan fingerprint density at radius 1 is 1.50 bits per heavy atom. The Hall–Kier alpha value is -1.95. The highest BCUT2D eigenvalue weighted by molar-refractivity contribution is 5.54. The number of halogens is 1. The van der Waals surface area contributed by atoms with E-state index in [-0.39, 0.29) is 18.2 Å². The van der Waals surface area contributed by atoms with Gasteiger partial charge in [0.2, 0.25) is 0 Å². The molecule has 1 aromatic heterocycles. The molecule has 0 spiro atoms. The summed E-state index contributed by atoms with van der Waals surface area (Å²) < 4.78 is 23.1. The lowest BCUT2D eigenvalue weighted by Crippen LogP contribution is -1.97. The smallest absolute Gasteiger partial charge is 0.258 e. The molecule has 2 rings (SSSR count). The molecule has 0 radical (unpaired) electrons. The summed E-state index contributed by atoms with van der Waals surface area (Å²) in [6, 6.07) is 4.40. The van der Waals surface area contributed by atoms with Gasteiger partial charge in [0, 0.05) is 5.56 Å². The molecule has 6 heteroatoms. The molecule has 5 nitrogen and oxygen atoms in total. The van der Waals surface area contributed by atoms with Gasteiger partial charge in [-0.1, -0.05) is 5.16 Å². The van der Waals surface area contributed by atoms with E-state index < -0.39 is 5.82 Å². The third kappa shape index (κ3) is 1.87. The molecule has 16 heavy (non-hydrogen) atoms. The molecule has 1 aromatic carbocycles. The predicted molar refractivity (Wildman–Crippen MR) is 54.1 cm³/mol. The quantitative estimate of drug-likeness (QED) is 0.849. The van der Waals surface area contributed by atoms with Crippen molar-refractivity contribution < 1.29 is 13.7 Å². The third-order valence-corrected chi connectivity index (χ3v) is 2.05. The van der Waals surface area contributed by atoms with Gasteiger partial charge in [0.15, 0.2) is 17.4 Å². The van der Waals surface area contributed by atoms with E-state index in [9.17, 15) is 4.39 Å². The Labute approximate surface area is 91.0 Å². The zero-order chi connectivity index (χ0) is 11.5. The fraction of sp³-hybridized carbons (Fsp3) is 0.200. The van der Waals surface area contributed by atoms with Crippen LogP contribution in [0.15, 0.2) is 22.7 Å². The van der Waals surface area contributed by atoms with E-state index in [4.69, 9.17) is 15.0 Å². The highest BCUT2D eigenvalue weighted by atomic mass is 19.1. The van der Waals surface area contributed by atoms with Gasteiger partial charge in [0.1, 0.15) is 0 Å². The van der Waals surface area contributed by atoms with Crippen molar-refractivity contribution in [2.24, 2.45) is 5.73 Å². The maximum Gasteiger partial charge on any atom is 0.258 e. The first kappa shape index (κ1) is 10.6. The third-order valence-electron chi connectivity index (χ3n) is 2.05. The van der Waals surface area contributed by atoms with Crippen molar-refractivity contribution in [3.05, 3.63) is 29.8 Å². The molecular formula is C10H10FN3O2. The van der Waals surface area contributed by atoms with Crippen LogP contribution in [0.2, 0.25) is 0 Å². The topological polar surface area (TPSA) is 74.2 Å². The second kappa shape index (κ2) is 4.28. The van der Waals surface area contributed by atoms with Crippen LogP contribution in [0.3, 0.4) is 0 Å². The van der Waals surface area contributed by atoms with E-state index >= 15 is 0 Å². The van der Waals surface area contributed by atoms with Crippen LogP contribution in [0.25, 0.3) is 11.5 Å². The van der Waals surface area contributed by atoms with Crippen LogP contribution < -0.4 is 10.5 Å². The summed E-state index contributed by atoms with van der Waals surface area (Å²) in [5.74, 6) is 0.308. The molecule has 2 N–H and O–H groups in total. The van der Waals surface area contributed by atoms with Crippen molar-refractivity contribution in [2.45, 2.75) is 6.54 Å². The average molecular weight is 223 g/mol. The molecule has 0 fully saturated rings. The van der Waals surface area contributed by atoms with Crippen LogP contribution in [-0.4, -0.2) is 17.3 Å². The normalized spacial score (nSPS) is 10.4. The summed E-state index contributed by atoms with van der Waals surface area (Å²) in [7, 11) is 1.40. The first-order valence-corrected chi connectivity index (χ1v) is 4.61. The molecule has 0 aliphatic heterocycles. The van der Waals surface area contributed by atoms with Crippen LogP contribution in [0, 0.1) is 5.82 Å². The Balaban J connectivity index is 2.37. The van der Waals surface area contributed by atoms with Gasteiger partial charge >= 0.3 is 0 Å². The van der Waals surface area contributed by atoms with Crippen molar-refractivity contribution >= 4 is 0 Å². The van der Waals surface area contributed by atoms with Crippen molar-refractivity contribution in [3.8, 4) is 17.2 Å². The van der Waals surface area contributed by atoms with E-state index in [2.05, 4.69) is 10.1 Å². The summed E-state index contributed by atoms with van der Waals surface area (Å²) in [6.45, 7) is 0.183. The van der Waals surface area contributed by atoms with E-state index in [0.717, 1.165) is 0 Å². The van der Waals surface area contributed by atoms with Crippen LogP contribution in [0.1, 0.15) is 5.82 Å². The Morgan fingerprint density at radius 3 is 2.88 bits per heavy atom. The van der Waals surface area contributed by atoms with Gasteiger partial charge < -0.3 is 15.0 Å². The Kier molecular flexibility index (Phi) is 2.82. The largest absolute Gasteiger partial charge is 0.494 e. The van der Waals surface area contributed by atoms with E-state index in [1.807, 2.05) is 0 Å². The number of nitrogens with two attached hydrogens (primary N) is 1. The molecule has 0 aliphatic rings. The second-order valence-electron chi connectivity index (χ2n) is 3.07. The lowest BCUT2D eigenvalue weighted by atomic mass is 10.2. The highest BCUT2D eigenvalue weighted by Gasteiger charge is 2.10. The number of hydrogen-bond donors (Lipinski definition) is 1. The zero-order valence-corrected chi connectivity index (χ0v) is 8.61. The number of hydrogen-bond acceptors (Lipinski definition) is 5. The molecule has 0 amide bonds. The molecular weight excluding hydrogens is 213 g/mol. The van der Waals surface area contributed by atoms with Crippen molar-refractivity contribution in [3.63, 3.8) is 0 Å². The number of methoxy groups -OCH3 is 1. The summed E-state index contributed by atoms with van der Waals surface area (Å²) in [5.41, 5.74) is 5.83. The lowest BCUT2D eigenvalue weighted by Gasteiger charge is -2.01. The van der Waals surface area contributed by atoms with E-state index in [0.29, 0.717) is 11.4 Å². The van der Waals surface area contributed by atoms with Gasteiger partial charge in [-0.2, -0.15) is 4.98 Å². The number of benzene rings is 1. The Morgan fingerprint density at radius 2 is 2.31 bits per heavy atom. The predicted octanol–water partition coefficient (Wildman–Crippen LogP) is 1.34. The van der Waals surface area contributed by atoms with Gasteiger partial charge in [-0.25, -0.2) is 4.39 Å². The first-order valence-electron chi connectivity index (χ1n) is 4.61. The van der Waals surface area contributed by atoms with Gasteiger partial charge in [-0.05, 0) is 18.2 Å². The van der Waals surface area contributed by atoms with Crippen LogP contribution >= 0.6 is 0 Å². The van der Waals surface area contributed by atoms with Gasteiger partial charge in [-0.3, -0.25) is 0 Å². The molecule has 0 atom stereocenters. The molecule has 0 saturated heterocycles. The minimum absolute atomic E-state index is 0.169. The fourth-order valence-corrected chi connectivity index (χ4v) is 1.25.